The quantitative estimate of drug-likeness (QED) is 0.847. The van der Waals surface area contributed by atoms with Gasteiger partial charge in [-0.15, -0.1) is 0 Å². The number of nitrogens with two attached hydrogens (primary N) is 1. The van der Waals surface area contributed by atoms with Gasteiger partial charge in [-0.05, 0) is 23.6 Å². The summed E-state index contributed by atoms with van der Waals surface area (Å²) < 4.78 is 7.45. The molecule has 0 saturated heterocycles. The Morgan fingerprint density at radius 1 is 1.35 bits per heavy atom. The van der Waals surface area contributed by atoms with Gasteiger partial charge in [-0.1, -0.05) is 18.2 Å². The largest absolute Gasteiger partial charge is 0.375 e. The first kappa shape index (κ1) is 10.5. The normalized spacial score (nSPS) is 14.6. The van der Waals surface area contributed by atoms with Crippen molar-refractivity contribution in [2.45, 2.75) is 19.6 Å². The highest BCUT2D eigenvalue weighted by atomic mass is 16.5. The minimum absolute atomic E-state index is 0.520. The fourth-order valence-corrected chi connectivity index (χ4v) is 2.22. The van der Waals surface area contributed by atoms with Crippen LogP contribution >= 0.6 is 0 Å². The van der Waals surface area contributed by atoms with Crippen LogP contribution in [0.4, 0.5) is 0 Å². The Labute approximate surface area is 100 Å². The monoisotopic (exact) mass is 229 g/mol. The number of aromatic nitrogens is 2. The van der Waals surface area contributed by atoms with E-state index in [-0.39, 0.29) is 0 Å². The third-order valence-corrected chi connectivity index (χ3v) is 3.15. The Morgan fingerprint density at radius 2 is 2.24 bits per heavy atom. The maximum absolute atomic E-state index is 5.76. The number of fused-ring (bicyclic) bond motifs is 1. The number of rotatable bonds is 2. The van der Waals surface area contributed by atoms with Gasteiger partial charge in [-0.2, -0.15) is 5.10 Å². The van der Waals surface area contributed by atoms with Gasteiger partial charge in [-0.25, -0.2) is 4.68 Å². The van der Waals surface area contributed by atoms with E-state index in [0.717, 1.165) is 30.0 Å². The third-order valence-electron chi connectivity index (χ3n) is 3.15. The highest BCUT2D eigenvalue weighted by molar-refractivity contribution is 5.42. The number of nitrogens with zero attached hydrogens (tertiary/aromatic N) is 2. The van der Waals surface area contributed by atoms with Crippen molar-refractivity contribution < 1.29 is 4.74 Å². The molecule has 1 aliphatic heterocycles. The Kier molecular flexibility index (Phi) is 2.66. The molecule has 2 heterocycles. The van der Waals surface area contributed by atoms with Crippen molar-refractivity contribution in [1.82, 2.24) is 9.78 Å². The summed E-state index contributed by atoms with van der Waals surface area (Å²) in [6.07, 6.45) is 2.88. The minimum atomic E-state index is 0.520. The van der Waals surface area contributed by atoms with Gasteiger partial charge in [0.15, 0.2) is 0 Å². The van der Waals surface area contributed by atoms with Crippen molar-refractivity contribution in [3.8, 4) is 5.69 Å². The molecule has 17 heavy (non-hydrogen) atoms. The number of benzene rings is 1. The zero-order valence-corrected chi connectivity index (χ0v) is 9.60. The minimum Gasteiger partial charge on any atom is -0.375 e. The molecule has 0 bridgehead atoms. The van der Waals surface area contributed by atoms with E-state index in [4.69, 9.17) is 10.5 Å². The van der Waals surface area contributed by atoms with Gasteiger partial charge in [-0.3, -0.25) is 0 Å². The molecule has 0 unspecified atom stereocenters. The number of hydrogen-bond donors (Lipinski definition) is 1. The predicted molar refractivity (Wildman–Crippen MR) is 64.8 cm³/mol. The molecule has 2 N–H and O–H groups in total. The second-order valence-electron chi connectivity index (χ2n) is 4.16. The van der Waals surface area contributed by atoms with E-state index in [1.54, 1.807) is 0 Å². The lowest BCUT2D eigenvalue weighted by molar-refractivity contribution is 0.106. The summed E-state index contributed by atoms with van der Waals surface area (Å²) in [7, 11) is 0. The summed E-state index contributed by atoms with van der Waals surface area (Å²) in [6.45, 7) is 1.94. The molecule has 0 radical (unpaired) electrons. The molecule has 2 aromatic rings. The lowest BCUT2D eigenvalue weighted by Crippen LogP contribution is -2.14. The summed E-state index contributed by atoms with van der Waals surface area (Å²) >= 11 is 0. The molecule has 4 nitrogen and oxygen atoms in total. The van der Waals surface area contributed by atoms with Crippen LogP contribution in [0, 0.1) is 0 Å². The average molecular weight is 229 g/mol. The van der Waals surface area contributed by atoms with E-state index in [9.17, 15) is 0 Å². The lowest BCUT2D eigenvalue weighted by atomic mass is 10.1. The van der Waals surface area contributed by atoms with Crippen molar-refractivity contribution in [3.05, 3.63) is 47.3 Å². The van der Waals surface area contributed by atoms with Crippen molar-refractivity contribution in [1.29, 1.82) is 0 Å². The van der Waals surface area contributed by atoms with Crippen LogP contribution in [-0.2, 0) is 24.3 Å². The Bertz CT molecular complexity index is 533. The molecule has 4 heteroatoms. The first-order valence-corrected chi connectivity index (χ1v) is 5.82. The molecule has 0 fully saturated rings. The molecule has 88 valence electrons. The van der Waals surface area contributed by atoms with Crippen LogP contribution < -0.4 is 5.73 Å². The molecule has 0 spiro atoms. The predicted octanol–water partition coefficient (Wildman–Crippen LogP) is 1.40. The summed E-state index contributed by atoms with van der Waals surface area (Å²) in [6, 6.07) is 8.08. The van der Waals surface area contributed by atoms with Crippen LogP contribution in [0.3, 0.4) is 0 Å². The van der Waals surface area contributed by atoms with Crippen LogP contribution in [0.1, 0.15) is 16.8 Å². The number of ether oxygens (including phenoxy) is 1. The third kappa shape index (κ3) is 1.75. The topological polar surface area (TPSA) is 53.1 Å². The zero-order valence-electron chi connectivity index (χ0n) is 9.60. The second kappa shape index (κ2) is 4.31. The van der Waals surface area contributed by atoms with Crippen LogP contribution in [0.25, 0.3) is 5.69 Å². The molecule has 0 saturated carbocycles. The first-order chi connectivity index (χ1) is 8.40. The smallest absolute Gasteiger partial charge is 0.0892 e. The number of hydrogen-bond acceptors (Lipinski definition) is 3. The van der Waals surface area contributed by atoms with Gasteiger partial charge in [0.2, 0.25) is 0 Å². The maximum atomic E-state index is 5.76. The number of para-hydroxylation sites is 1. The van der Waals surface area contributed by atoms with E-state index in [0.29, 0.717) is 13.2 Å². The van der Waals surface area contributed by atoms with Crippen molar-refractivity contribution in [3.63, 3.8) is 0 Å². The van der Waals surface area contributed by atoms with Gasteiger partial charge in [0.05, 0.1) is 30.8 Å². The second-order valence-corrected chi connectivity index (χ2v) is 4.16. The highest BCUT2D eigenvalue weighted by Crippen LogP contribution is 2.22. The molecule has 0 amide bonds. The molecule has 1 aromatic heterocycles. The summed E-state index contributed by atoms with van der Waals surface area (Å²) in [5.74, 6) is 0. The molecular formula is C13H15N3O. The van der Waals surface area contributed by atoms with E-state index < -0.39 is 0 Å². The van der Waals surface area contributed by atoms with Crippen molar-refractivity contribution >= 4 is 0 Å². The molecular weight excluding hydrogens is 214 g/mol. The average Bonchev–Trinajstić information content (AvgIpc) is 2.82. The Morgan fingerprint density at radius 3 is 3.12 bits per heavy atom. The van der Waals surface area contributed by atoms with Crippen molar-refractivity contribution in [2.75, 3.05) is 6.61 Å². The van der Waals surface area contributed by atoms with Gasteiger partial charge in [0, 0.05) is 6.54 Å². The molecule has 0 atom stereocenters. The van der Waals surface area contributed by atoms with Crippen LogP contribution in [-0.4, -0.2) is 16.4 Å². The Balaban J connectivity index is 2.12. The highest BCUT2D eigenvalue weighted by Gasteiger charge is 2.17. The molecule has 1 aromatic carbocycles. The van der Waals surface area contributed by atoms with Gasteiger partial charge >= 0.3 is 0 Å². The van der Waals surface area contributed by atoms with Gasteiger partial charge in [0.1, 0.15) is 0 Å². The van der Waals surface area contributed by atoms with E-state index in [2.05, 4.69) is 5.10 Å². The van der Waals surface area contributed by atoms with E-state index in [1.165, 1.54) is 5.56 Å². The fraction of sp³-hybridized carbons (Fsp3) is 0.308. The van der Waals surface area contributed by atoms with E-state index >= 15 is 0 Å². The standard InChI is InChI=1S/C13H15N3O/c14-7-10-3-1-2-4-12(10)16-13-9-17-6-5-11(13)8-15-16/h1-4,8H,5-7,9,14H2. The Hall–Kier alpha value is -1.65. The van der Waals surface area contributed by atoms with Crippen LogP contribution in [0.5, 0.6) is 0 Å². The zero-order chi connectivity index (χ0) is 11.7. The maximum Gasteiger partial charge on any atom is 0.0892 e. The fourth-order valence-electron chi connectivity index (χ4n) is 2.22. The summed E-state index contributed by atoms with van der Waals surface area (Å²) in [4.78, 5) is 0. The lowest BCUT2D eigenvalue weighted by Gasteiger charge is -2.16. The van der Waals surface area contributed by atoms with E-state index in [1.807, 2.05) is 35.1 Å². The van der Waals surface area contributed by atoms with Crippen LogP contribution in [0.2, 0.25) is 0 Å². The van der Waals surface area contributed by atoms with Crippen LogP contribution in [0.15, 0.2) is 30.5 Å². The summed E-state index contributed by atoms with van der Waals surface area (Å²) in [5.41, 5.74) is 10.3. The molecule has 1 aliphatic rings. The SMILES string of the molecule is NCc1ccccc1-n1ncc2c1COCC2. The molecule has 0 aliphatic carbocycles. The summed E-state index contributed by atoms with van der Waals surface area (Å²) in [5, 5.41) is 4.46. The first-order valence-electron chi connectivity index (χ1n) is 5.82. The van der Waals surface area contributed by atoms with Gasteiger partial charge < -0.3 is 10.5 Å². The molecule has 3 rings (SSSR count). The van der Waals surface area contributed by atoms with Crippen molar-refractivity contribution in [2.24, 2.45) is 5.73 Å². The van der Waals surface area contributed by atoms with Gasteiger partial charge in [0.25, 0.3) is 0 Å².